The molecule has 0 saturated carbocycles. The highest BCUT2D eigenvalue weighted by Gasteiger charge is 2.38. The molecule has 12 heteroatoms. The Labute approximate surface area is 205 Å². The van der Waals surface area contributed by atoms with Gasteiger partial charge in [0.1, 0.15) is 10.6 Å². The minimum Gasteiger partial charge on any atom is -0.354 e. The van der Waals surface area contributed by atoms with E-state index in [1.165, 1.54) is 36.7 Å². The Balaban J connectivity index is 1.54. The molecule has 36 heavy (non-hydrogen) atoms. The number of nitrogens with one attached hydrogen (secondary N) is 3. The van der Waals surface area contributed by atoms with E-state index in [1.807, 2.05) is 0 Å². The highest BCUT2D eigenvalue weighted by Crippen LogP contribution is 2.47. The number of aryl methyl sites for hydroxylation is 1. The number of aromatic nitrogens is 5. The molecular formula is C24H20F3N7OS. The van der Waals surface area contributed by atoms with Gasteiger partial charge in [-0.25, -0.2) is 4.79 Å². The Hall–Kier alpha value is -3.51. The van der Waals surface area contributed by atoms with Crippen molar-refractivity contribution in [1.29, 1.82) is 0 Å². The molecule has 184 valence electrons. The lowest BCUT2D eigenvalue weighted by atomic mass is 9.94. The second-order valence-electron chi connectivity index (χ2n) is 9.52. The van der Waals surface area contributed by atoms with Crippen molar-refractivity contribution in [2.45, 2.75) is 38.0 Å². The number of hydrogen-bond donors (Lipinski definition) is 3. The molecule has 0 radical (unpaired) electrons. The van der Waals surface area contributed by atoms with Crippen LogP contribution in [0.15, 0.2) is 29.3 Å². The quantitative estimate of drug-likeness (QED) is 0.326. The SMILES string of the molecule is Cc1cc2[nH]ncc2c(-c2nccc3c2sc2nc(=O)[nH]c(N4CC5CCC(C4)N5)c23)c1C(F)(F)F. The molecule has 0 amide bonds. The zero-order valence-corrected chi connectivity index (χ0v) is 19.8. The average Bonchev–Trinajstić information content (AvgIpc) is 3.52. The zero-order chi connectivity index (χ0) is 24.8. The van der Waals surface area contributed by atoms with Gasteiger partial charge in [-0.15, -0.1) is 11.3 Å². The average molecular weight is 512 g/mol. The van der Waals surface area contributed by atoms with E-state index in [2.05, 4.69) is 35.4 Å². The molecule has 0 spiro atoms. The van der Waals surface area contributed by atoms with Crippen molar-refractivity contribution in [3.8, 4) is 11.3 Å². The van der Waals surface area contributed by atoms with Gasteiger partial charge in [0, 0.05) is 47.7 Å². The van der Waals surface area contributed by atoms with Gasteiger partial charge in [0.25, 0.3) is 0 Å². The van der Waals surface area contributed by atoms with Crippen molar-refractivity contribution < 1.29 is 13.2 Å². The van der Waals surface area contributed by atoms with Crippen molar-refractivity contribution in [2.75, 3.05) is 18.0 Å². The van der Waals surface area contributed by atoms with Gasteiger partial charge < -0.3 is 10.2 Å². The molecule has 1 aromatic carbocycles. The molecule has 5 aromatic rings. The topological polar surface area (TPSA) is 103 Å². The molecule has 0 aliphatic carbocycles. The molecule has 2 saturated heterocycles. The summed E-state index contributed by atoms with van der Waals surface area (Å²) in [4.78, 5) is 26.8. The lowest BCUT2D eigenvalue weighted by Gasteiger charge is -2.34. The predicted molar refractivity (Wildman–Crippen MR) is 133 cm³/mol. The molecule has 2 atom stereocenters. The molecule has 2 aliphatic rings. The number of thiophene rings is 1. The number of rotatable bonds is 2. The third-order valence-electron chi connectivity index (χ3n) is 7.25. The van der Waals surface area contributed by atoms with Crippen LogP contribution in [0.5, 0.6) is 0 Å². The van der Waals surface area contributed by atoms with Crippen LogP contribution >= 0.6 is 11.3 Å². The van der Waals surface area contributed by atoms with Crippen LogP contribution in [-0.2, 0) is 6.18 Å². The maximum atomic E-state index is 14.3. The molecule has 6 heterocycles. The van der Waals surface area contributed by atoms with Gasteiger partial charge >= 0.3 is 11.9 Å². The predicted octanol–water partition coefficient (Wildman–Crippen LogP) is 4.34. The number of aromatic amines is 2. The van der Waals surface area contributed by atoms with Gasteiger partial charge in [-0.05, 0) is 37.5 Å². The lowest BCUT2D eigenvalue weighted by molar-refractivity contribution is -0.137. The normalized spacial score (nSPS) is 20.3. The van der Waals surface area contributed by atoms with Gasteiger partial charge in [-0.2, -0.15) is 23.3 Å². The fourth-order valence-electron chi connectivity index (χ4n) is 5.83. The lowest BCUT2D eigenvalue weighted by Crippen LogP contribution is -2.51. The van der Waals surface area contributed by atoms with Crippen LogP contribution in [0.1, 0.15) is 24.0 Å². The fourth-order valence-corrected chi connectivity index (χ4v) is 7.00. The summed E-state index contributed by atoms with van der Waals surface area (Å²) in [6.07, 6.45) is 0.481. The number of H-pyrrole nitrogens is 2. The van der Waals surface area contributed by atoms with Gasteiger partial charge in [0.05, 0.1) is 33.1 Å². The number of halogens is 3. The van der Waals surface area contributed by atoms with E-state index in [-0.39, 0.29) is 16.8 Å². The van der Waals surface area contributed by atoms with Crippen molar-refractivity contribution >= 4 is 48.4 Å². The number of hydrogen-bond acceptors (Lipinski definition) is 7. The van der Waals surface area contributed by atoms with Crippen molar-refractivity contribution in [3.63, 3.8) is 0 Å². The molecule has 2 fully saturated rings. The number of pyridine rings is 1. The van der Waals surface area contributed by atoms with Crippen LogP contribution in [0.2, 0.25) is 0 Å². The molecule has 2 aliphatic heterocycles. The van der Waals surface area contributed by atoms with Crippen LogP contribution in [0, 0.1) is 6.92 Å². The molecule has 8 nitrogen and oxygen atoms in total. The van der Waals surface area contributed by atoms with Crippen LogP contribution < -0.4 is 15.9 Å². The first-order chi connectivity index (χ1) is 17.3. The third kappa shape index (κ3) is 3.17. The van der Waals surface area contributed by atoms with Gasteiger partial charge in [-0.1, -0.05) is 0 Å². The number of benzene rings is 1. The van der Waals surface area contributed by atoms with Crippen molar-refractivity contribution in [2.24, 2.45) is 0 Å². The van der Waals surface area contributed by atoms with E-state index in [0.29, 0.717) is 38.3 Å². The fraction of sp³-hybridized carbons (Fsp3) is 0.333. The molecule has 3 N–H and O–H groups in total. The van der Waals surface area contributed by atoms with Crippen LogP contribution in [0.3, 0.4) is 0 Å². The molecule has 4 aromatic heterocycles. The molecule has 2 unspecified atom stereocenters. The summed E-state index contributed by atoms with van der Waals surface area (Å²) < 4.78 is 43.6. The number of piperazine rings is 1. The Kier molecular flexibility index (Phi) is 4.53. The van der Waals surface area contributed by atoms with E-state index in [4.69, 9.17) is 0 Å². The van der Waals surface area contributed by atoms with E-state index in [0.717, 1.165) is 36.7 Å². The first-order valence-corrected chi connectivity index (χ1v) is 12.5. The van der Waals surface area contributed by atoms with Crippen molar-refractivity contribution in [1.82, 2.24) is 30.5 Å². The number of alkyl halides is 3. The van der Waals surface area contributed by atoms with Gasteiger partial charge in [0.15, 0.2) is 0 Å². The first kappa shape index (κ1) is 21.7. The Morgan fingerprint density at radius 1 is 1.17 bits per heavy atom. The first-order valence-electron chi connectivity index (χ1n) is 11.6. The summed E-state index contributed by atoms with van der Waals surface area (Å²) in [6, 6.07) is 3.92. The maximum absolute atomic E-state index is 14.3. The third-order valence-corrected chi connectivity index (χ3v) is 8.35. The standard InChI is InChI=1S/C24H20F3N7OS/c1-10-6-15-14(7-29-33-15)16(18(10)24(25,26)27)19-20-13(4-5-28-19)17-21(31-23(35)32-22(17)36-20)34-8-11-2-3-12(9-34)30-11/h4-7,11-12,30H,2-3,8-9H2,1H3,(H,29,33)(H,31,32,35). The summed E-state index contributed by atoms with van der Waals surface area (Å²) in [5.74, 6) is 0.667. The second-order valence-corrected chi connectivity index (χ2v) is 10.5. The second kappa shape index (κ2) is 7.50. The molecule has 7 rings (SSSR count). The summed E-state index contributed by atoms with van der Waals surface area (Å²) in [7, 11) is 0. The Bertz CT molecular complexity index is 1730. The van der Waals surface area contributed by atoms with E-state index < -0.39 is 17.4 Å². The number of anilines is 1. The van der Waals surface area contributed by atoms with Crippen LogP contribution in [0.25, 0.3) is 42.5 Å². The molecule has 2 bridgehead atoms. The van der Waals surface area contributed by atoms with Gasteiger partial charge in [-0.3, -0.25) is 15.1 Å². The van der Waals surface area contributed by atoms with E-state index >= 15 is 0 Å². The summed E-state index contributed by atoms with van der Waals surface area (Å²) >= 11 is 1.20. The monoisotopic (exact) mass is 511 g/mol. The van der Waals surface area contributed by atoms with E-state index in [1.54, 1.807) is 6.07 Å². The summed E-state index contributed by atoms with van der Waals surface area (Å²) in [5.41, 5.74) is -0.446. The smallest absolute Gasteiger partial charge is 0.354 e. The minimum absolute atomic E-state index is 0.0171. The van der Waals surface area contributed by atoms with Crippen molar-refractivity contribution in [3.05, 3.63) is 46.1 Å². The summed E-state index contributed by atoms with van der Waals surface area (Å²) in [6.45, 7) is 2.92. The van der Waals surface area contributed by atoms with Crippen LogP contribution in [-0.4, -0.2) is 50.3 Å². The highest BCUT2D eigenvalue weighted by molar-refractivity contribution is 7.26. The number of fused-ring (bicyclic) bond motifs is 6. The zero-order valence-electron chi connectivity index (χ0n) is 19.0. The minimum atomic E-state index is -4.59. The number of nitrogens with zero attached hydrogens (tertiary/aromatic N) is 4. The maximum Gasteiger partial charge on any atom is 0.417 e. The Morgan fingerprint density at radius 3 is 2.69 bits per heavy atom. The molecular weight excluding hydrogens is 491 g/mol. The van der Waals surface area contributed by atoms with Gasteiger partial charge in [0.2, 0.25) is 0 Å². The Morgan fingerprint density at radius 2 is 1.94 bits per heavy atom. The largest absolute Gasteiger partial charge is 0.417 e. The highest BCUT2D eigenvalue weighted by atomic mass is 32.1. The summed E-state index contributed by atoms with van der Waals surface area (Å²) in [5, 5.41) is 12.2. The van der Waals surface area contributed by atoms with Crippen LogP contribution in [0.4, 0.5) is 19.0 Å². The van der Waals surface area contributed by atoms with E-state index in [9.17, 15) is 18.0 Å².